The Morgan fingerprint density at radius 2 is 2.26 bits per heavy atom. The second-order valence-electron chi connectivity index (χ2n) is 3.62. The fraction of sp³-hybridized carbons (Fsp3) is 0.0909. The summed E-state index contributed by atoms with van der Waals surface area (Å²) in [6, 6.07) is 5.92. The van der Waals surface area contributed by atoms with E-state index in [9.17, 15) is 8.42 Å². The zero-order valence-corrected chi connectivity index (χ0v) is 11.3. The van der Waals surface area contributed by atoms with Crippen LogP contribution in [0, 0.1) is 11.3 Å². The summed E-state index contributed by atoms with van der Waals surface area (Å²) in [7, 11) is -3.76. The Kier molecular flexibility index (Phi) is 3.80. The highest BCUT2D eigenvalue weighted by Crippen LogP contribution is 2.18. The summed E-state index contributed by atoms with van der Waals surface area (Å²) in [5, 5.41) is 11.4. The molecule has 0 aliphatic rings. The lowest BCUT2D eigenvalue weighted by atomic mass is 10.2. The Labute approximate surface area is 114 Å². The summed E-state index contributed by atoms with van der Waals surface area (Å²) < 4.78 is 26.6. The SMILES string of the molecule is N#Cc1cc(N)ccc1S(=O)(=O)NCc1nccs1. The van der Waals surface area contributed by atoms with E-state index >= 15 is 0 Å². The second-order valence-corrected chi connectivity index (χ2v) is 6.33. The molecule has 0 saturated heterocycles. The molecule has 1 aromatic carbocycles. The minimum absolute atomic E-state index is 0.0200. The molecule has 1 aromatic heterocycles. The third-order valence-corrected chi connectivity index (χ3v) is 4.55. The maximum atomic E-state index is 12.1. The van der Waals surface area contributed by atoms with E-state index < -0.39 is 10.0 Å². The minimum atomic E-state index is -3.76. The van der Waals surface area contributed by atoms with Crippen LogP contribution in [0.15, 0.2) is 34.7 Å². The highest BCUT2D eigenvalue weighted by Gasteiger charge is 2.18. The van der Waals surface area contributed by atoms with E-state index in [1.165, 1.54) is 29.5 Å². The Morgan fingerprint density at radius 3 is 2.89 bits per heavy atom. The number of nitrogens with zero attached hydrogens (tertiary/aromatic N) is 2. The van der Waals surface area contributed by atoms with Crippen LogP contribution in [0.25, 0.3) is 0 Å². The summed E-state index contributed by atoms with van der Waals surface area (Å²) >= 11 is 1.35. The van der Waals surface area contributed by atoms with Gasteiger partial charge >= 0.3 is 0 Å². The number of hydrogen-bond donors (Lipinski definition) is 2. The van der Waals surface area contributed by atoms with Crippen molar-refractivity contribution in [3.05, 3.63) is 40.3 Å². The molecule has 98 valence electrons. The molecular formula is C11H10N4O2S2. The van der Waals surface area contributed by atoms with E-state index in [0.717, 1.165) is 0 Å². The first-order valence-corrected chi connectivity index (χ1v) is 7.57. The van der Waals surface area contributed by atoms with Crippen molar-refractivity contribution in [1.29, 1.82) is 5.26 Å². The van der Waals surface area contributed by atoms with Crippen molar-refractivity contribution >= 4 is 27.0 Å². The molecule has 0 aliphatic heterocycles. The summed E-state index contributed by atoms with van der Waals surface area (Å²) in [4.78, 5) is 3.89. The van der Waals surface area contributed by atoms with Crippen molar-refractivity contribution < 1.29 is 8.42 Å². The topological polar surface area (TPSA) is 109 Å². The zero-order chi connectivity index (χ0) is 13.9. The van der Waals surface area contributed by atoms with E-state index in [-0.39, 0.29) is 17.0 Å². The summed E-state index contributed by atoms with van der Waals surface area (Å²) in [6.45, 7) is 0.0925. The Bertz CT molecular complexity index is 718. The van der Waals surface area contributed by atoms with Crippen molar-refractivity contribution in [2.75, 3.05) is 5.73 Å². The van der Waals surface area contributed by atoms with Crippen LogP contribution in [0.4, 0.5) is 5.69 Å². The fourth-order valence-electron chi connectivity index (χ4n) is 1.44. The van der Waals surface area contributed by atoms with Crippen molar-refractivity contribution in [2.24, 2.45) is 0 Å². The van der Waals surface area contributed by atoms with Crippen LogP contribution < -0.4 is 10.5 Å². The van der Waals surface area contributed by atoms with Gasteiger partial charge in [-0.15, -0.1) is 11.3 Å². The average molecular weight is 294 g/mol. The highest BCUT2D eigenvalue weighted by molar-refractivity contribution is 7.89. The van der Waals surface area contributed by atoms with Gasteiger partial charge in [-0.25, -0.2) is 18.1 Å². The molecule has 0 bridgehead atoms. The molecule has 2 rings (SSSR count). The number of nitrogens with two attached hydrogens (primary N) is 1. The molecule has 0 aliphatic carbocycles. The van der Waals surface area contributed by atoms with Gasteiger partial charge in [0.1, 0.15) is 11.1 Å². The van der Waals surface area contributed by atoms with Crippen LogP contribution in [0.5, 0.6) is 0 Å². The number of hydrogen-bond acceptors (Lipinski definition) is 6. The third-order valence-electron chi connectivity index (χ3n) is 2.31. The standard InChI is InChI=1S/C11H10N4O2S2/c12-6-8-5-9(13)1-2-10(8)19(16,17)15-7-11-14-3-4-18-11/h1-5,15H,7,13H2. The average Bonchev–Trinajstić information content (AvgIpc) is 2.89. The molecule has 3 N–H and O–H groups in total. The molecule has 0 unspecified atom stereocenters. The van der Waals surface area contributed by atoms with E-state index in [0.29, 0.717) is 10.7 Å². The quantitative estimate of drug-likeness (QED) is 0.820. The monoisotopic (exact) mass is 294 g/mol. The maximum absolute atomic E-state index is 12.1. The Morgan fingerprint density at radius 1 is 1.47 bits per heavy atom. The lowest BCUT2D eigenvalue weighted by Gasteiger charge is -2.07. The van der Waals surface area contributed by atoms with Crippen molar-refractivity contribution in [3.63, 3.8) is 0 Å². The van der Waals surface area contributed by atoms with Gasteiger partial charge in [0, 0.05) is 17.3 Å². The van der Waals surface area contributed by atoms with Crippen LogP contribution in [0.1, 0.15) is 10.6 Å². The number of anilines is 1. The molecule has 2 aromatic rings. The van der Waals surface area contributed by atoms with Gasteiger partial charge in [-0.05, 0) is 18.2 Å². The molecule has 6 nitrogen and oxygen atoms in total. The molecule has 1 heterocycles. The predicted octanol–water partition coefficient (Wildman–Crippen LogP) is 1.08. The van der Waals surface area contributed by atoms with Crippen molar-refractivity contribution in [1.82, 2.24) is 9.71 Å². The number of benzene rings is 1. The molecule has 0 saturated carbocycles. The van der Waals surface area contributed by atoms with Crippen LogP contribution in [-0.2, 0) is 16.6 Å². The van der Waals surface area contributed by atoms with E-state index in [1.54, 1.807) is 11.6 Å². The number of thiazole rings is 1. The van der Waals surface area contributed by atoms with Gasteiger partial charge in [0.15, 0.2) is 0 Å². The fourth-order valence-corrected chi connectivity index (χ4v) is 3.21. The number of rotatable bonds is 4. The number of nitriles is 1. The molecule has 0 fully saturated rings. The van der Waals surface area contributed by atoms with E-state index in [1.807, 2.05) is 6.07 Å². The van der Waals surface area contributed by atoms with Gasteiger partial charge in [0.05, 0.1) is 17.0 Å². The predicted molar refractivity (Wildman–Crippen MR) is 71.7 cm³/mol. The first-order valence-electron chi connectivity index (χ1n) is 5.20. The van der Waals surface area contributed by atoms with Gasteiger partial charge in [0.2, 0.25) is 10.0 Å². The van der Waals surface area contributed by atoms with E-state index in [2.05, 4.69) is 9.71 Å². The molecule has 0 radical (unpaired) electrons. The molecule has 8 heteroatoms. The number of sulfonamides is 1. The summed E-state index contributed by atoms with van der Waals surface area (Å²) in [6.07, 6.45) is 1.60. The van der Waals surface area contributed by atoms with Crippen LogP contribution in [0.3, 0.4) is 0 Å². The van der Waals surface area contributed by atoms with Crippen LogP contribution in [-0.4, -0.2) is 13.4 Å². The van der Waals surface area contributed by atoms with Gasteiger partial charge in [-0.3, -0.25) is 0 Å². The van der Waals surface area contributed by atoms with Gasteiger partial charge in [-0.2, -0.15) is 5.26 Å². The van der Waals surface area contributed by atoms with E-state index in [4.69, 9.17) is 11.0 Å². The number of nitrogens with one attached hydrogen (secondary N) is 1. The maximum Gasteiger partial charge on any atom is 0.242 e. The van der Waals surface area contributed by atoms with Crippen LogP contribution in [0.2, 0.25) is 0 Å². The lowest BCUT2D eigenvalue weighted by molar-refractivity contribution is 0.581. The lowest BCUT2D eigenvalue weighted by Crippen LogP contribution is -2.24. The summed E-state index contributed by atoms with van der Waals surface area (Å²) in [5.41, 5.74) is 5.89. The van der Waals surface area contributed by atoms with Gasteiger partial charge < -0.3 is 5.73 Å². The molecular weight excluding hydrogens is 284 g/mol. The largest absolute Gasteiger partial charge is 0.399 e. The summed E-state index contributed by atoms with van der Waals surface area (Å²) in [5.74, 6) is 0. The third kappa shape index (κ3) is 3.08. The molecule has 0 spiro atoms. The molecule has 0 atom stereocenters. The molecule has 0 amide bonds. The molecule has 19 heavy (non-hydrogen) atoms. The number of aromatic nitrogens is 1. The van der Waals surface area contributed by atoms with Crippen molar-refractivity contribution in [3.8, 4) is 6.07 Å². The number of nitrogen functional groups attached to an aromatic ring is 1. The van der Waals surface area contributed by atoms with Crippen molar-refractivity contribution in [2.45, 2.75) is 11.4 Å². The normalized spacial score (nSPS) is 11.1. The van der Waals surface area contributed by atoms with Gasteiger partial charge in [0.25, 0.3) is 0 Å². The first kappa shape index (κ1) is 13.5. The smallest absolute Gasteiger partial charge is 0.242 e. The zero-order valence-electron chi connectivity index (χ0n) is 9.70. The van der Waals surface area contributed by atoms with Gasteiger partial charge in [-0.1, -0.05) is 0 Å². The Hall–Kier alpha value is -1.95. The Balaban J connectivity index is 2.27. The first-order chi connectivity index (χ1) is 9.03. The minimum Gasteiger partial charge on any atom is -0.399 e. The highest BCUT2D eigenvalue weighted by atomic mass is 32.2. The second kappa shape index (κ2) is 5.36. The van der Waals surface area contributed by atoms with Crippen LogP contribution >= 0.6 is 11.3 Å².